The van der Waals surface area contributed by atoms with Gasteiger partial charge in [0.25, 0.3) is 11.8 Å². The summed E-state index contributed by atoms with van der Waals surface area (Å²) < 4.78 is 5.11. The molecule has 2 amide bonds. The molecule has 1 aliphatic carbocycles. The van der Waals surface area contributed by atoms with E-state index < -0.39 is 11.6 Å². The first-order valence-corrected chi connectivity index (χ1v) is 9.95. The smallest absolute Gasteiger partial charge is 0.279 e. The van der Waals surface area contributed by atoms with Crippen LogP contribution in [-0.4, -0.2) is 43.6 Å². The minimum absolute atomic E-state index is 0.158. The van der Waals surface area contributed by atoms with E-state index in [9.17, 15) is 14.9 Å². The lowest BCUT2D eigenvalue weighted by atomic mass is 9.82. The summed E-state index contributed by atoms with van der Waals surface area (Å²) in [4.78, 5) is 26.0. The van der Waals surface area contributed by atoms with E-state index >= 15 is 0 Å². The Kier molecular flexibility index (Phi) is 7.82. The molecule has 2 rings (SSSR count). The van der Waals surface area contributed by atoms with E-state index in [1.807, 2.05) is 13.8 Å². The lowest BCUT2D eigenvalue weighted by molar-refractivity contribution is -0.904. The number of likely N-dealkylation sites (N-methyl/N-ethyl adjacent to an activating group) is 1. The molecule has 0 bridgehead atoms. The maximum absolute atomic E-state index is 12.8. The molecule has 3 N–H and O–H groups in total. The summed E-state index contributed by atoms with van der Waals surface area (Å²) in [5, 5.41) is 15.4. The van der Waals surface area contributed by atoms with Gasteiger partial charge in [0.2, 0.25) is 0 Å². The van der Waals surface area contributed by atoms with Gasteiger partial charge in [-0.3, -0.25) is 9.59 Å². The number of quaternary nitrogens is 1. The number of benzene rings is 1. The molecule has 0 spiro atoms. The number of nitrogens with one attached hydrogen (secondary N) is 3. The minimum Gasteiger partial charge on any atom is -0.497 e. The molecule has 1 saturated carbocycles. The van der Waals surface area contributed by atoms with Crippen molar-refractivity contribution < 1.29 is 19.2 Å². The molecular weight excluding hydrogens is 356 g/mol. The Balaban J connectivity index is 1.93. The van der Waals surface area contributed by atoms with E-state index in [2.05, 4.69) is 16.7 Å². The van der Waals surface area contributed by atoms with Gasteiger partial charge in [0.15, 0.2) is 12.6 Å². The Morgan fingerprint density at radius 1 is 1.25 bits per heavy atom. The van der Waals surface area contributed by atoms with Gasteiger partial charge >= 0.3 is 0 Å². The number of hydrogen-bond donors (Lipinski definition) is 3. The Hall–Kier alpha value is -2.59. The summed E-state index contributed by atoms with van der Waals surface area (Å²) in [6.07, 6.45) is 4.41. The molecule has 1 unspecified atom stereocenters. The molecule has 7 nitrogen and oxygen atoms in total. The molecule has 1 fully saturated rings. The monoisotopic (exact) mass is 387 g/mol. The largest absolute Gasteiger partial charge is 0.497 e. The van der Waals surface area contributed by atoms with Gasteiger partial charge < -0.3 is 20.3 Å². The van der Waals surface area contributed by atoms with Crippen LogP contribution in [0.4, 0.5) is 5.69 Å². The maximum Gasteiger partial charge on any atom is 0.279 e. The average Bonchev–Trinajstić information content (AvgIpc) is 2.72. The first-order chi connectivity index (χ1) is 13.4. The molecule has 7 heteroatoms. The van der Waals surface area contributed by atoms with Gasteiger partial charge in [0.05, 0.1) is 19.7 Å². The highest BCUT2D eigenvalue weighted by Crippen LogP contribution is 2.27. The van der Waals surface area contributed by atoms with Gasteiger partial charge in [-0.2, -0.15) is 5.26 Å². The number of carbonyl (C=O) groups is 2. The van der Waals surface area contributed by atoms with Crippen LogP contribution < -0.4 is 20.3 Å². The van der Waals surface area contributed by atoms with Crippen LogP contribution in [-0.2, 0) is 9.59 Å². The molecule has 152 valence electrons. The second-order valence-electron chi connectivity index (χ2n) is 7.43. The van der Waals surface area contributed by atoms with Crippen LogP contribution in [0.2, 0.25) is 0 Å². The van der Waals surface area contributed by atoms with Crippen LogP contribution in [0.25, 0.3) is 0 Å². The zero-order valence-corrected chi connectivity index (χ0v) is 17.0. The van der Waals surface area contributed by atoms with Crippen molar-refractivity contribution in [3.8, 4) is 11.8 Å². The molecule has 28 heavy (non-hydrogen) atoms. The average molecular weight is 388 g/mol. The number of anilines is 1. The van der Waals surface area contributed by atoms with Crippen LogP contribution in [0.15, 0.2) is 24.3 Å². The van der Waals surface area contributed by atoms with Gasteiger partial charge in [-0.1, -0.05) is 19.3 Å². The van der Waals surface area contributed by atoms with Gasteiger partial charge in [0.1, 0.15) is 11.3 Å². The standard InChI is InChI=1S/C21H30N4O3/c1-4-25(14-19(26)23-17-8-10-18(28-3)11-9-17)16(2)20(27)24-21(15-22)12-6-5-7-13-21/h8-11,16H,4-7,12-14H2,1-3H3,(H,23,26)(H,24,27)/p+1/t16-/m1/s1. The Bertz CT molecular complexity index is 705. The van der Waals surface area contributed by atoms with E-state index in [1.165, 1.54) is 0 Å². The highest BCUT2D eigenvalue weighted by atomic mass is 16.5. The van der Waals surface area contributed by atoms with Gasteiger partial charge in [0, 0.05) is 5.69 Å². The second kappa shape index (κ2) is 10.1. The second-order valence-corrected chi connectivity index (χ2v) is 7.43. The molecule has 1 aromatic carbocycles. The fourth-order valence-corrected chi connectivity index (χ4v) is 3.62. The third-order valence-electron chi connectivity index (χ3n) is 5.50. The van der Waals surface area contributed by atoms with E-state index in [1.54, 1.807) is 31.4 Å². The SMILES string of the molecule is CC[NH+](CC(=O)Nc1ccc(OC)cc1)[C@H](C)C(=O)NC1(C#N)CCCCC1. The molecule has 0 heterocycles. The molecule has 2 atom stereocenters. The summed E-state index contributed by atoms with van der Waals surface area (Å²) in [6.45, 7) is 4.56. The van der Waals surface area contributed by atoms with Crippen molar-refractivity contribution in [1.82, 2.24) is 5.32 Å². The maximum atomic E-state index is 12.8. The van der Waals surface area contributed by atoms with Gasteiger partial charge in [-0.25, -0.2) is 0 Å². The van der Waals surface area contributed by atoms with Crippen LogP contribution in [0.3, 0.4) is 0 Å². The van der Waals surface area contributed by atoms with E-state index in [4.69, 9.17) is 4.74 Å². The molecule has 1 aromatic rings. The summed E-state index contributed by atoms with van der Waals surface area (Å²) in [5.41, 5.74) is -0.0719. The molecule has 0 saturated heterocycles. The number of ether oxygens (including phenoxy) is 1. The first-order valence-electron chi connectivity index (χ1n) is 9.95. The molecular formula is C21H31N4O3+. The minimum atomic E-state index is -0.756. The summed E-state index contributed by atoms with van der Waals surface area (Å²) in [7, 11) is 1.59. The Labute approximate surface area is 167 Å². The Morgan fingerprint density at radius 2 is 1.89 bits per heavy atom. The topological polar surface area (TPSA) is 95.7 Å². The van der Waals surface area contributed by atoms with Crippen molar-refractivity contribution in [1.29, 1.82) is 5.26 Å². The number of nitriles is 1. The van der Waals surface area contributed by atoms with Crippen molar-refractivity contribution in [2.45, 2.75) is 57.5 Å². The van der Waals surface area contributed by atoms with E-state index in [0.29, 0.717) is 25.1 Å². The normalized spacial score (nSPS) is 17.6. The fraction of sp³-hybridized carbons (Fsp3) is 0.571. The van der Waals surface area contributed by atoms with Gasteiger partial charge in [-0.15, -0.1) is 0 Å². The predicted molar refractivity (Wildman–Crippen MR) is 107 cm³/mol. The van der Waals surface area contributed by atoms with Crippen LogP contribution in [0.1, 0.15) is 46.0 Å². The van der Waals surface area contributed by atoms with Crippen molar-refractivity contribution in [3.63, 3.8) is 0 Å². The highest BCUT2D eigenvalue weighted by molar-refractivity contribution is 5.91. The number of hydrogen-bond acceptors (Lipinski definition) is 4. The molecule has 1 aliphatic rings. The zero-order chi connectivity index (χ0) is 20.6. The van der Waals surface area contributed by atoms with Crippen molar-refractivity contribution >= 4 is 17.5 Å². The van der Waals surface area contributed by atoms with Crippen LogP contribution >= 0.6 is 0 Å². The molecule has 0 radical (unpaired) electrons. The van der Waals surface area contributed by atoms with Gasteiger partial charge in [-0.05, 0) is 51.0 Å². The lowest BCUT2D eigenvalue weighted by Crippen LogP contribution is -3.17. The fourth-order valence-electron chi connectivity index (χ4n) is 3.62. The zero-order valence-electron chi connectivity index (χ0n) is 17.0. The summed E-state index contributed by atoms with van der Waals surface area (Å²) >= 11 is 0. The molecule has 0 aromatic heterocycles. The number of rotatable bonds is 8. The van der Waals surface area contributed by atoms with Crippen LogP contribution in [0, 0.1) is 11.3 Å². The summed E-state index contributed by atoms with van der Waals surface area (Å²) in [6, 6.07) is 9.01. The number of amides is 2. The van der Waals surface area contributed by atoms with Crippen molar-refractivity contribution in [2.75, 3.05) is 25.5 Å². The molecule has 0 aliphatic heterocycles. The third kappa shape index (κ3) is 5.70. The first kappa shape index (κ1) is 21.7. The third-order valence-corrected chi connectivity index (χ3v) is 5.50. The number of methoxy groups -OCH3 is 1. The Morgan fingerprint density at radius 3 is 2.43 bits per heavy atom. The quantitative estimate of drug-likeness (QED) is 0.626. The predicted octanol–water partition coefficient (Wildman–Crippen LogP) is 1.27. The van der Waals surface area contributed by atoms with E-state index in [-0.39, 0.29) is 18.4 Å². The highest BCUT2D eigenvalue weighted by Gasteiger charge is 2.37. The van der Waals surface area contributed by atoms with Crippen LogP contribution in [0.5, 0.6) is 5.75 Å². The summed E-state index contributed by atoms with van der Waals surface area (Å²) in [5.74, 6) is 0.394. The number of carbonyl (C=O) groups excluding carboxylic acids is 2. The van der Waals surface area contributed by atoms with E-state index in [0.717, 1.165) is 29.9 Å². The lowest BCUT2D eigenvalue weighted by Gasteiger charge is -2.33. The number of nitrogens with zero attached hydrogens (tertiary/aromatic N) is 1. The van der Waals surface area contributed by atoms with Crippen molar-refractivity contribution in [3.05, 3.63) is 24.3 Å². The van der Waals surface area contributed by atoms with Crippen molar-refractivity contribution in [2.24, 2.45) is 0 Å².